The number of halogens is 1. The van der Waals surface area contributed by atoms with E-state index < -0.39 is 5.97 Å². The minimum Gasteiger partial charge on any atom is -0.481 e. The van der Waals surface area contributed by atoms with Gasteiger partial charge in [0, 0.05) is 28.3 Å². The van der Waals surface area contributed by atoms with Gasteiger partial charge in [0.1, 0.15) is 6.33 Å². The number of aromatic nitrogens is 3. The molecule has 3 aromatic heterocycles. The van der Waals surface area contributed by atoms with Crippen molar-refractivity contribution in [1.82, 2.24) is 15.0 Å². The highest BCUT2D eigenvalue weighted by Crippen LogP contribution is 2.42. The number of nitrogens with one attached hydrogen (secondary N) is 2. The van der Waals surface area contributed by atoms with Gasteiger partial charge in [-0.25, -0.2) is 14.8 Å². The summed E-state index contributed by atoms with van der Waals surface area (Å²) in [5.74, 6) is -0.0364. The van der Waals surface area contributed by atoms with Crippen LogP contribution in [0.3, 0.4) is 0 Å². The molecule has 1 aliphatic rings. The van der Waals surface area contributed by atoms with Crippen LogP contribution in [0, 0.1) is 5.92 Å². The average Bonchev–Trinajstić information content (AvgIpc) is 3.30. The quantitative estimate of drug-likeness (QED) is 0.234. The highest BCUT2D eigenvalue weighted by atomic mass is 79.9. The van der Waals surface area contributed by atoms with Gasteiger partial charge in [-0.1, -0.05) is 12.1 Å². The number of anilines is 2. The predicted molar refractivity (Wildman–Crippen MR) is 144 cm³/mol. The Bertz CT molecular complexity index is 1400. The lowest BCUT2D eigenvalue weighted by atomic mass is 9.78. The molecule has 0 aliphatic heterocycles. The summed E-state index contributed by atoms with van der Waals surface area (Å²) >= 11 is 5.04. The molecular weight excluding hydrogens is 542 g/mol. The van der Waals surface area contributed by atoms with E-state index in [-0.39, 0.29) is 18.4 Å². The first-order valence-corrected chi connectivity index (χ1v) is 13.4. The van der Waals surface area contributed by atoms with Gasteiger partial charge in [0.05, 0.1) is 27.8 Å². The molecule has 0 saturated heterocycles. The number of pyridine rings is 1. The number of thiophene rings is 1. The summed E-state index contributed by atoms with van der Waals surface area (Å²) in [6.45, 7) is 0. The molecule has 1 saturated carbocycles. The van der Waals surface area contributed by atoms with E-state index in [2.05, 4.69) is 46.9 Å². The maximum atomic E-state index is 12.4. The molecule has 3 N–H and O–H groups in total. The molecule has 4 aromatic rings. The van der Waals surface area contributed by atoms with Gasteiger partial charge in [-0.05, 0) is 82.6 Å². The van der Waals surface area contributed by atoms with Crippen molar-refractivity contribution in [3.63, 3.8) is 0 Å². The summed E-state index contributed by atoms with van der Waals surface area (Å²) in [5.41, 5.74) is 5.28. The smallest absolute Gasteiger partial charge is 0.323 e. The highest BCUT2D eigenvalue weighted by molar-refractivity contribution is 9.10. The Morgan fingerprint density at radius 2 is 1.83 bits per heavy atom. The van der Waals surface area contributed by atoms with Crippen LogP contribution >= 0.6 is 27.3 Å². The summed E-state index contributed by atoms with van der Waals surface area (Å²) in [4.78, 5) is 36.6. The zero-order valence-corrected chi connectivity index (χ0v) is 21.7. The van der Waals surface area contributed by atoms with Crippen LogP contribution < -0.4 is 10.6 Å². The molecular formula is C26H24BrN5O3S. The number of nitrogens with zero attached hydrogens (tertiary/aromatic N) is 3. The Morgan fingerprint density at radius 3 is 2.56 bits per heavy atom. The number of aliphatic carboxylic acids is 1. The van der Waals surface area contributed by atoms with Crippen LogP contribution in [0.1, 0.15) is 43.6 Å². The second-order valence-electron chi connectivity index (χ2n) is 8.92. The minimum absolute atomic E-state index is 0.261. The molecule has 8 nitrogen and oxygen atoms in total. The average molecular weight is 566 g/mol. The zero-order valence-electron chi connectivity index (χ0n) is 19.3. The van der Waals surface area contributed by atoms with Gasteiger partial charge in [-0.2, -0.15) is 0 Å². The number of urea groups is 1. The summed E-state index contributed by atoms with van der Waals surface area (Å²) in [6, 6.07) is 8.97. The lowest BCUT2D eigenvalue weighted by molar-refractivity contribution is -0.138. The van der Waals surface area contributed by atoms with Crippen molar-refractivity contribution >= 4 is 60.9 Å². The van der Waals surface area contributed by atoms with Crippen molar-refractivity contribution in [2.75, 3.05) is 10.6 Å². The van der Waals surface area contributed by atoms with Gasteiger partial charge in [0.25, 0.3) is 0 Å². The molecule has 5 rings (SSSR count). The molecule has 2 amide bonds. The number of carbonyl (C=O) groups is 2. The summed E-state index contributed by atoms with van der Waals surface area (Å²) < 4.78 is 1.79. The number of hydrogen-bond acceptors (Lipinski definition) is 6. The van der Waals surface area contributed by atoms with Crippen LogP contribution in [0.5, 0.6) is 0 Å². The van der Waals surface area contributed by atoms with Crippen LogP contribution in [0.2, 0.25) is 0 Å². The third kappa shape index (κ3) is 5.39. The van der Waals surface area contributed by atoms with Crippen molar-refractivity contribution in [3.8, 4) is 11.3 Å². The first kappa shape index (κ1) is 24.3. The first-order valence-electron chi connectivity index (χ1n) is 11.7. The third-order valence-electron chi connectivity index (χ3n) is 6.56. The molecule has 1 aromatic carbocycles. The monoisotopic (exact) mass is 565 g/mol. The molecule has 184 valence electrons. The van der Waals surface area contributed by atoms with Crippen molar-refractivity contribution < 1.29 is 14.7 Å². The van der Waals surface area contributed by atoms with Crippen molar-refractivity contribution in [1.29, 1.82) is 0 Å². The normalized spacial score (nSPS) is 17.6. The number of amides is 2. The second-order valence-corrected chi connectivity index (χ2v) is 10.7. The number of carboxylic acids is 1. The Balaban J connectivity index is 1.29. The lowest BCUT2D eigenvalue weighted by Gasteiger charge is -2.27. The Hall–Kier alpha value is -3.37. The van der Waals surface area contributed by atoms with Crippen molar-refractivity contribution in [2.45, 2.75) is 38.0 Å². The fourth-order valence-corrected chi connectivity index (χ4v) is 6.19. The van der Waals surface area contributed by atoms with Crippen molar-refractivity contribution in [2.24, 2.45) is 5.92 Å². The van der Waals surface area contributed by atoms with E-state index in [4.69, 9.17) is 5.11 Å². The summed E-state index contributed by atoms with van der Waals surface area (Å²) in [5, 5.41) is 16.9. The van der Waals surface area contributed by atoms with E-state index in [1.807, 2.05) is 24.3 Å². The fraction of sp³-hybridized carbons (Fsp3) is 0.269. The molecule has 36 heavy (non-hydrogen) atoms. The highest BCUT2D eigenvalue weighted by Gasteiger charge is 2.26. The summed E-state index contributed by atoms with van der Waals surface area (Å²) in [7, 11) is 0. The molecule has 1 fully saturated rings. The largest absolute Gasteiger partial charge is 0.481 e. The number of benzene rings is 1. The van der Waals surface area contributed by atoms with Crippen LogP contribution in [-0.2, 0) is 4.79 Å². The molecule has 0 unspecified atom stereocenters. The topological polar surface area (TPSA) is 117 Å². The Labute approximate surface area is 220 Å². The molecule has 0 radical (unpaired) electrons. The van der Waals surface area contributed by atoms with Crippen LogP contribution in [-0.4, -0.2) is 32.1 Å². The lowest BCUT2D eigenvalue weighted by Crippen LogP contribution is -2.19. The Kier molecular flexibility index (Phi) is 7.24. The molecule has 3 heterocycles. The van der Waals surface area contributed by atoms with Gasteiger partial charge in [-0.15, -0.1) is 11.3 Å². The maximum Gasteiger partial charge on any atom is 0.323 e. The number of hydrogen-bond donors (Lipinski definition) is 3. The van der Waals surface area contributed by atoms with Gasteiger partial charge in [0.2, 0.25) is 0 Å². The van der Waals surface area contributed by atoms with Crippen LogP contribution in [0.15, 0.2) is 58.9 Å². The van der Waals surface area contributed by atoms with Crippen molar-refractivity contribution in [3.05, 3.63) is 64.5 Å². The van der Waals surface area contributed by atoms with Crippen LogP contribution in [0.4, 0.5) is 16.2 Å². The number of carbonyl (C=O) groups excluding carboxylic acids is 1. The van der Waals surface area contributed by atoms with E-state index in [1.54, 1.807) is 36.1 Å². The number of fused-ring (bicyclic) bond motifs is 1. The van der Waals surface area contributed by atoms with Gasteiger partial charge < -0.3 is 15.7 Å². The van der Waals surface area contributed by atoms with E-state index in [0.29, 0.717) is 17.3 Å². The minimum atomic E-state index is -0.708. The van der Waals surface area contributed by atoms with E-state index in [1.165, 1.54) is 5.56 Å². The predicted octanol–water partition coefficient (Wildman–Crippen LogP) is 6.91. The zero-order chi connectivity index (χ0) is 25.1. The first-order chi connectivity index (χ1) is 17.5. The van der Waals surface area contributed by atoms with E-state index in [0.717, 1.165) is 51.6 Å². The van der Waals surface area contributed by atoms with Crippen LogP contribution in [0.25, 0.3) is 21.5 Å². The Morgan fingerprint density at radius 1 is 1.06 bits per heavy atom. The molecule has 0 bridgehead atoms. The molecule has 0 spiro atoms. The SMILES string of the molecule is O=C(O)CC1CCC(c2csc3c(-c4ccc(NC(=O)Nc5cnccc5Br)cc4)ncnc23)CC1. The molecule has 10 heteroatoms. The molecule has 1 aliphatic carbocycles. The number of rotatable bonds is 6. The molecule has 0 atom stereocenters. The number of carboxylic acid groups (broad SMARTS) is 1. The van der Waals surface area contributed by atoms with Gasteiger partial charge >= 0.3 is 12.0 Å². The second kappa shape index (κ2) is 10.7. The van der Waals surface area contributed by atoms with E-state index in [9.17, 15) is 9.59 Å². The maximum absolute atomic E-state index is 12.4. The van der Waals surface area contributed by atoms with Gasteiger partial charge in [0.15, 0.2) is 0 Å². The third-order valence-corrected chi connectivity index (χ3v) is 8.25. The standard InChI is InChI=1S/C26H24BrN5O3S/c27-20-9-10-28-12-21(20)32-26(35)31-18-7-5-17(6-8-18)23-25-24(30-14-29-23)19(13-36-25)16-3-1-15(2-4-16)11-22(33)34/h5-10,12-16H,1-4,11H2,(H,33,34)(H2,31,32,35). The van der Waals surface area contributed by atoms with Gasteiger partial charge in [-0.3, -0.25) is 9.78 Å². The summed E-state index contributed by atoms with van der Waals surface area (Å²) in [6.07, 6.45) is 8.93. The van der Waals surface area contributed by atoms with E-state index >= 15 is 0 Å². The fourth-order valence-electron chi connectivity index (χ4n) is 4.75.